The molecule has 0 N–H and O–H groups in total. The Hall–Kier alpha value is -3.09. The SMILES string of the molecule is O=c1c2ccc([N+](=O)[O-])cc2ncn1Cc1ccccn1. The molecule has 2 heterocycles. The summed E-state index contributed by atoms with van der Waals surface area (Å²) in [6.07, 6.45) is 3.03. The van der Waals surface area contributed by atoms with Crippen LogP contribution >= 0.6 is 0 Å². The summed E-state index contributed by atoms with van der Waals surface area (Å²) in [7, 11) is 0. The van der Waals surface area contributed by atoms with Crippen LogP contribution in [0.15, 0.2) is 53.7 Å². The molecule has 0 saturated carbocycles. The molecule has 3 aromatic rings. The van der Waals surface area contributed by atoms with Crippen LogP contribution in [0.5, 0.6) is 0 Å². The number of nitro groups is 1. The third-order valence-electron chi connectivity index (χ3n) is 3.08. The minimum absolute atomic E-state index is 0.0862. The predicted octanol–water partition coefficient (Wildman–Crippen LogP) is 1.75. The summed E-state index contributed by atoms with van der Waals surface area (Å²) in [5, 5.41) is 11.1. The van der Waals surface area contributed by atoms with Gasteiger partial charge in [-0.05, 0) is 18.2 Å². The van der Waals surface area contributed by atoms with Crippen molar-refractivity contribution in [3.8, 4) is 0 Å². The second-order valence-corrected chi connectivity index (χ2v) is 4.46. The summed E-state index contributed by atoms with van der Waals surface area (Å²) in [4.78, 5) is 30.8. The van der Waals surface area contributed by atoms with Crippen LogP contribution < -0.4 is 5.56 Å². The Bertz CT molecular complexity index is 874. The molecule has 21 heavy (non-hydrogen) atoms. The molecular weight excluding hydrogens is 272 g/mol. The van der Waals surface area contributed by atoms with Crippen molar-refractivity contribution in [2.24, 2.45) is 0 Å². The molecule has 3 rings (SSSR count). The molecule has 0 bridgehead atoms. The fourth-order valence-electron chi connectivity index (χ4n) is 2.04. The minimum Gasteiger partial charge on any atom is -0.293 e. The van der Waals surface area contributed by atoms with E-state index in [-0.39, 0.29) is 11.2 Å². The first-order valence-corrected chi connectivity index (χ1v) is 6.18. The number of nitro benzene ring substituents is 1. The third kappa shape index (κ3) is 2.48. The van der Waals surface area contributed by atoms with Gasteiger partial charge < -0.3 is 0 Å². The quantitative estimate of drug-likeness (QED) is 0.539. The van der Waals surface area contributed by atoms with E-state index in [0.29, 0.717) is 17.4 Å². The summed E-state index contributed by atoms with van der Waals surface area (Å²) < 4.78 is 1.43. The number of benzene rings is 1. The highest BCUT2D eigenvalue weighted by Gasteiger charge is 2.10. The van der Waals surface area contributed by atoms with E-state index in [0.717, 1.165) is 5.69 Å². The lowest BCUT2D eigenvalue weighted by Gasteiger charge is -2.05. The van der Waals surface area contributed by atoms with Gasteiger partial charge in [0, 0.05) is 18.3 Å². The van der Waals surface area contributed by atoms with Crippen LogP contribution in [0.4, 0.5) is 5.69 Å². The molecule has 7 nitrogen and oxygen atoms in total. The first kappa shape index (κ1) is 12.9. The standard InChI is InChI=1S/C14H10N4O3/c19-14-12-5-4-11(18(20)21)7-13(12)16-9-17(14)8-10-3-1-2-6-15-10/h1-7,9H,8H2. The van der Waals surface area contributed by atoms with Crippen LogP contribution in [0, 0.1) is 10.1 Å². The normalized spacial score (nSPS) is 10.7. The van der Waals surface area contributed by atoms with Gasteiger partial charge in [0.2, 0.25) is 0 Å². The van der Waals surface area contributed by atoms with E-state index in [2.05, 4.69) is 9.97 Å². The van der Waals surface area contributed by atoms with Crippen molar-refractivity contribution in [2.75, 3.05) is 0 Å². The Morgan fingerprint density at radius 3 is 2.76 bits per heavy atom. The zero-order valence-corrected chi connectivity index (χ0v) is 10.8. The van der Waals surface area contributed by atoms with Crippen LogP contribution in [-0.4, -0.2) is 19.5 Å². The minimum atomic E-state index is -0.513. The molecule has 7 heteroatoms. The lowest BCUT2D eigenvalue weighted by Crippen LogP contribution is -2.21. The molecule has 1 aromatic carbocycles. The second-order valence-electron chi connectivity index (χ2n) is 4.46. The Morgan fingerprint density at radius 2 is 2.05 bits per heavy atom. The Morgan fingerprint density at radius 1 is 1.19 bits per heavy atom. The van der Waals surface area contributed by atoms with E-state index in [4.69, 9.17) is 0 Å². The van der Waals surface area contributed by atoms with E-state index in [1.165, 1.54) is 29.1 Å². The predicted molar refractivity (Wildman–Crippen MR) is 76.0 cm³/mol. The molecule has 0 aliphatic heterocycles. The number of non-ortho nitro benzene ring substituents is 1. The van der Waals surface area contributed by atoms with Gasteiger partial charge in [0.15, 0.2) is 0 Å². The van der Waals surface area contributed by atoms with E-state index in [1.807, 2.05) is 12.1 Å². The summed E-state index contributed by atoms with van der Waals surface area (Å²) in [5.74, 6) is 0. The maximum atomic E-state index is 12.3. The number of nitrogens with zero attached hydrogens (tertiary/aromatic N) is 4. The van der Waals surface area contributed by atoms with Gasteiger partial charge in [-0.1, -0.05) is 6.07 Å². The number of pyridine rings is 1. The maximum Gasteiger partial charge on any atom is 0.271 e. The maximum absolute atomic E-state index is 12.3. The van der Waals surface area contributed by atoms with E-state index < -0.39 is 4.92 Å². The average molecular weight is 282 g/mol. The largest absolute Gasteiger partial charge is 0.293 e. The van der Waals surface area contributed by atoms with Gasteiger partial charge in [0.05, 0.1) is 34.4 Å². The van der Waals surface area contributed by atoms with Gasteiger partial charge >= 0.3 is 0 Å². The van der Waals surface area contributed by atoms with Crippen LogP contribution in [0.3, 0.4) is 0 Å². The Labute approximate surface area is 118 Å². The highest BCUT2D eigenvalue weighted by molar-refractivity contribution is 5.79. The van der Waals surface area contributed by atoms with Gasteiger partial charge in [0.25, 0.3) is 11.2 Å². The molecule has 0 atom stereocenters. The monoisotopic (exact) mass is 282 g/mol. The van der Waals surface area contributed by atoms with Crippen molar-refractivity contribution in [2.45, 2.75) is 6.54 Å². The summed E-state index contributed by atoms with van der Waals surface area (Å²) in [6.45, 7) is 0.305. The molecule has 0 unspecified atom stereocenters. The zero-order chi connectivity index (χ0) is 14.8. The van der Waals surface area contributed by atoms with E-state index in [9.17, 15) is 14.9 Å². The molecule has 0 saturated heterocycles. The van der Waals surface area contributed by atoms with Gasteiger partial charge in [-0.3, -0.25) is 24.5 Å². The molecule has 0 aliphatic rings. The van der Waals surface area contributed by atoms with Crippen molar-refractivity contribution >= 4 is 16.6 Å². The zero-order valence-electron chi connectivity index (χ0n) is 10.8. The summed E-state index contributed by atoms with van der Waals surface area (Å²) in [6, 6.07) is 9.47. The van der Waals surface area contributed by atoms with Crippen molar-refractivity contribution < 1.29 is 4.92 Å². The van der Waals surface area contributed by atoms with Crippen molar-refractivity contribution in [1.82, 2.24) is 14.5 Å². The fraction of sp³-hybridized carbons (Fsp3) is 0.0714. The highest BCUT2D eigenvalue weighted by Crippen LogP contribution is 2.16. The van der Waals surface area contributed by atoms with Crippen LogP contribution in [0.25, 0.3) is 10.9 Å². The van der Waals surface area contributed by atoms with E-state index >= 15 is 0 Å². The smallest absolute Gasteiger partial charge is 0.271 e. The summed E-state index contributed by atoms with van der Waals surface area (Å²) in [5.41, 5.74) is 0.714. The van der Waals surface area contributed by atoms with Crippen molar-refractivity contribution in [1.29, 1.82) is 0 Å². The Balaban J connectivity index is 2.06. The molecule has 0 radical (unpaired) electrons. The van der Waals surface area contributed by atoms with Crippen molar-refractivity contribution in [3.05, 3.63) is 75.1 Å². The van der Waals surface area contributed by atoms with Crippen LogP contribution in [0.1, 0.15) is 5.69 Å². The molecule has 0 aliphatic carbocycles. The molecule has 0 spiro atoms. The lowest BCUT2D eigenvalue weighted by atomic mass is 10.2. The van der Waals surface area contributed by atoms with Crippen LogP contribution in [0.2, 0.25) is 0 Å². The molecule has 0 amide bonds. The van der Waals surface area contributed by atoms with Crippen molar-refractivity contribution in [3.63, 3.8) is 0 Å². The lowest BCUT2D eigenvalue weighted by molar-refractivity contribution is -0.384. The first-order valence-electron chi connectivity index (χ1n) is 6.18. The fourth-order valence-corrected chi connectivity index (χ4v) is 2.04. The van der Waals surface area contributed by atoms with Gasteiger partial charge in [-0.25, -0.2) is 4.98 Å². The molecule has 104 valence electrons. The molecule has 0 fully saturated rings. The highest BCUT2D eigenvalue weighted by atomic mass is 16.6. The number of hydrogen-bond acceptors (Lipinski definition) is 5. The summed E-state index contributed by atoms with van der Waals surface area (Å²) >= 11 is 0. The molecule has 2 aromatic heterocycles. The van der Waals surface area contributed by atoms with Gasteiger partial charge in [0.1, 0.15) is 0 Å². The topological polar surface area (TPSA) is 90.9 Å². The Kier molecular flexibility index (Phi) is 3.15. The second kappa shape index (κ2) is 5.12. The first-order chi connectivity index (χ1) is 10.1. The van der Waals surface area contributed by atoms with Gasteiger partial charge in [-0.15, -0.1) is 0 Å². The number of aromatic nitrogens is 3. The third-order valence-corrected chi connectivity index (χ3v) is 3.08. The molecular formula is C14H10N4O3. The van der Waals surface area contributed by atoms with E-state index in [1.54, 1.807) is 12.3 Å². The average Bonchev–Trinajstić information content (AvgIpc) is 2.51. The number of hydrogen-bond donors (Lipinski definition) is 0. The van der Waals surface area contributed by atoms with Crippen LogP contribution in [-0.2, 0) is 6.54 Å². The number of rotatable bonds is 3. The number of fused-ring (bicyclic) bond motifs is 1. The van der Waals surface area contributed by atoms with Gasteiger partial charge in [-0.2, -0.15) is 0 Å².